The Morgan fingerprint density at radius 3 is 2.94 bits per heavy atom. The van der Waals surface area contributed by atoms with Crippen molar-refractivity contribution in [3.63, 3.8) is 0 Å². The van der Waals surface area contributed by atoms with E-state index in [1.54, 1.807) is 0 Å². The highest BCUT2D eigenvalue weighted by atomic mass is 32.2. The Morgan fingerprint density at radius 1 is 1.56 bits per heavy atom. The molecule has 0 bridgehead atoms. The van der Waals surface area contributed by atoms with Gasteiger partial charge in [-0.2, -0.15) is 5.10 Å². The molecular weight excluding hydrogens is 230 g/mol. The molecule has 1 heterocycles. The number of sulfonamides is 1. The summed E-state index contributed by atoms with van der Waals surface area (Å²) in [4.78, 5) is 0.136. The molecule has 0 saturated carbocycles. The molecule has 0 radical (unpaired) electrons. The zero-order chi connectivity index (χ0) is 12.0. The summed E-state index contributed by atoms with van der Waals surface area (Å²) in [6.45, 7) is 2.66. The van der Waals surface area contributed by atoms with Gasteiger partial charge in [0, 0.05) is 12.7 Å². The van der Waals surface area contributed by atoms with Gasteiger partial charge in [-0.15, -0.1) is 0 Å². The van der Waals surface area contributed by atoms with Gasteiger partial charge in [0.2, 0.25) is 10.0 Å². The summed E-state index contributed by atoms with van der Waals surface area (Å²) < 4.78 is 27.3. The van der Waals surface area contributed by atoms with Crippen molar-refractivity contribution < 1.29 is 13.5 Å². The molecule has 0 aromatic carbocycles. The molecule has 0 spiro atoms. The Labute approximate surface area is 95.3 Å². The first-order valence-corrected chi connectivity index (χ1v) is 6.71. The van der Waals surface area contributed by atoms with Crippen molar-refractivity contribution in [3.05, 3.63) is 12.4 Å². The summed E-state index contributed by atoms with van der Waals surface area (Å²) in [5.41, 5.74) is 0. The van der Waals surface area contributed by atoms with Gasteiger partial charge in [0.15, 0.2) is 0 Å². The number of rotatable bonds is 7. The van der Waals surface area contributed by atoms with Gasteiger partial charge in [0.05, 0.1) is 19.3 Å². The van der Waals surface area contributed by atoms with Gasteiger partial charge >= 0.3 is 0 Å². The van der Waals surface area contributed by atoms with Crippen LogP contribution in [-0.4, -0.2) is 36.5 Å². The van der Waals surface area contributed by atoms with E-state index in [1.807, 2.05) is 6.92 Å². The molecule has 0 aliphatic carbocycles. The third-order valence-electron chi connectivity index (χ3n) is 2.07. The van der Waals surface area contributed by atoms with E-state index in [0.717, 1.165) is 12.8 Å². The minimum absolute atomic E-state index is 0.0650. The Hall–Kier alpha value is -0.920. The van der Waals surface area contributed by atoms with Crippen LogP contribution in [0.3, 0.4) is 0 Å². The van der Waals surface area contributed by atoms with E-state index < -0.39 is 10.0 Å². The second-order valence-corrected chi connectivity index (χ2v) is 5.18. The number of nitrogens with zero attached hydrogens (tertiary/aromatic N) is 2. The minimum Gasteiger partial charge on any atom is -0.394 e. The van der Waals surface area contributed by atoms with Crippen LogP contribution in [0.15, 0.2) is 17.3 Å². The fourth-order valence-corrected chi connectivity index (χ4v) is 2.20. The van der Waals surface area contributed by atoms with Crippen molar-refractivity contribution in [3.8, 4) is 0 Å². The van der Waals surface area contributed by atoms with Crippen LogP contribution in [0.2, 0.25) is 0 Å². The van der Waals surface area contributed by atoms with Gasteiger partial charge in [0.1, 0.15) is 4.90 Å². The molecule has 92 valence electrons. The number of hydrogen-bond donors (Lipinski definition) is 2. The molecule has 0 fully saturated rings. The fourth-order valence-electron chi connectivity index (χ4n) is 1.17. The lowest BCUT2D eigenvalue weighted by atomic mass is 10.3. The smallest absolute Gasteiger partial charge is 0.243 e. The van der Waals surface area contributed by atoms with E-state index in [4.69, 9.17) is 5.11 Å². The SMILES string of the molecule is CCCCNS(=O)(=O)c1cnn(CCO)c1. The largest absolute Gasteiger partial charge is 0.394 e. The highest BCUT2D eigenvalue weighted by Gasteiger charge is 2.15. The molecule has 0 aliphatic rings. The average molecular weight is 247 g/mol. The fraction of sp³-hybridized carbons (Fsp3) is 0.667. The number of aromatic nitrogens is 2. The van der Waals surface area contributed by atoms with E-state index >= 15 is 0 Å². The monoisotopic (exact) mass is 247 g/mol. The Kier molecular flexibility index (Phi) is 4.91. The average Bonchev–Trinajstić information content (AvgIpc) is 2.68. The van der Waals surface area contributed by atoms with Crippen LogP contribution in [0, 0.1) is 0 Å². The summed E-state index contributed by atoms with van der Waals surface area (Å²) in [7, 11) is -3.44. The standard InChI is InChI=1S/C9H17N3O3S/c1-2-3-4-11-16(14,15)9-7-10-12(8-9)5-6-13/h7-8,11,13H,2-6H2,1H3. The molecule has 0 saturated heterocycles. The maximum absolute atomic E-state index is 11.7. The predicted molar refractivity (Wildman–Crippen MR) is 59.4 cm³/mol. The molecule has 0 aliphatic heterocycles. The van der Waals surface area contributed by atoms with E-state index in [9.17, 15) is 8.42 Å². The van der Waals surface area contributed by atoms with Gasteiger partial charge in [-0.3, -0.25) is 4.68 Å². The topological polar surface area (TPSA) is 84.2 Å². The predicted octanol–water partition coefficient (Wildman–Crippen LogP) is -0.0462. The van der Waals surface area contributed by atoms with Crippen LogP contribution < -0.4 is 4.72 Å². The molecular formula is C9H17N3O3S. The number of aliphatic hydroxyl groups is 1. The normalized spacial score (nSPS) is 11.9. The molecule has 6 nitrogen and oxygen atoms in total. The zero-order valence-corrected chi connectivity index (χ0v) is 10.1. The molecule has 1 aromatic rings. The third kappa shape index (κ3) is 3.58. The van der Waals surface area contributed by atoms with Crippen LogP contribution >= 0.6 is 0 Å². The molecule has 0 amide bonds. The van der Waals surface area contributed by atoms with Gasteiger partial charge < -0.3 is 5.11 Å². The molecule has 1 aromatic heterocycles. The molecule has 1 rings (SSSR count). The van der Waals surface area contributed by atoms with Crippen LogP contribution in [0.25, 0.3) is 0 Å². The van der Waals surface area contributed by atoms with Gasteiger partial charge in [-0.05, 0) is 6.42 Å². The van der Waals surface area contributed by atoms with Crippen LogP contribution in [-0.2, 0) is 16.6 Å². The van der Waals surface area contributed by atoms with E-state index in [-0.39, 0.29) is 11.5 Å². The van der Waals surface area contributed by atoms with E-state index in [1.165, 1.54) is 17.1 Å². The van der Waals surface area contributed by atoms with Crippen LogP contribution in [0.1, 0.15) is 19.8 Å². The van der Waals surface area contributed by atoms with Gasteiger partial charge in [-0.25, -0.2) is 13.1 Å². The second kappa shape index (κ2) is 5.97. The Morgan fingerprint density at radius 2 is 2.31 bits per heavy atom. The van der Waals surface area contributed by atoms with Crippen molar-refractivity contribution in [2.24, 2.45) is 0 Å². The van der Waals surface area contributed by atoms with Crippen molar-refractivity contribution >= 4 is 10.0 Å². The molecule has 0 unspecified atom stereocenters. The van der Waals surface area contributed by atoms with Crippen molar-refractivity contribution in [2.75, 3.05) is 13.2 Å². The number of aliphatic hydroxyl groups excluding tert-OH is 1. The maximum Gasteiger partial charge on any atom is 0.243 e. The molecule has 16 heavy (non-hydrogen) atoms. The number of unbranched alkanes of at least 4 members (excludes halogenated alkanes) is 1. The third-order valence-corrected chi connectivity index (χ3v) is 3.49. The van der Waals surface area contributed by atoms with E-state index in [0.29, 0.717) is 13.1 Å². The summed E-state index contributed by atoms with van der Waals surface area (Å²) in [5, 5.41) is 12.5. The number of hydrogen-bond acceptors (Lipinski definition) is 4. The minimum atomic E-state index is -3.44. The lowest BCUT2D eigenvalue weighted by Gasteiger charge is -2.02. The lowest BCUT2D eigenvalue weighted by molar-refractivity contribution is 0.269. The van der Waals surface area contributed by atoms with Gasteiger partial charge in [-0.1, -0.05) is 13.3 Å². The number of nitrogens with one attached hydrogen (secondary N) is 1. The zero-order valence-electron chi connectivity index (χ0n) is 9.26. The Balaban J connectivity index is 2.66. The van der Waals surface area contributed by atoms with Crippen LogP contribution in [0.4, 0.5) is 0 Å². The first-order valence-electron chi connectivity index (χ1n) is 5.23. The van der Waals surface area contributed by atoms with Crippen LogP contribution in [0.5, 0.6) is 0 Å². The highest BCUT2D eigenvalue weighted by Crippen LogP contribution is 2.06. The summed E-state index contributed by atoms with van der Waals surface area (Å²) in [6.07, 6.45) is 4.44. The quantitative estimate of drug-likeness (QED) is 0.662. The Bertz CT molecular complexity index is 413. The summed E-state index contributed by atoms with van der Waals surface area (Å²) >= 11 is 0. The molecule has 0 atom stereocenters. The lowest BCUT2D eigenvalue weighted by Crippen LogP contribution is -2.24. The summed E-state index contributed by atoms with van der Waals surface area (Å²) in [5.74, 6) is 0. The van der Waals surface area contributed by atoms with Crippen molar-refractivity contribution in [1.82, 2.24) is 14.5 Å². The second-order valence-electron chi connectivity index (χ2n) is 3.41. The van der Waals surface area contributed by atoms with Crippen molar-refractivity contribution in [2.45, 2.75) is 31.2 Å². The summed E-state index contributed by atoms with van der Waals surface area (Å²) in [6, 6.07) is 0. The van der Waals surface area contributed by atoms with Gasteiger partial charge in [0.25, 0.3) is 0 Å². The van der Waals surface area contributed by atoms with Crippen molar-refractivity contribution in [1.29, 1.82) is 0 Å². The van der Waals surface area contributed by atoms with E-state index in [2.05, 4.69) is 9.82 Å². The highest BCUT2D eigenvalue weighted by molar-refractivity contribution is 7.89. The molecule has 2 N–H and O–H groups in total. The first-order chi connectivity index (χ1) is 7.60. The maximum atomic E-state index is 11.7. The molecule has 7 heteroatoms. The first kappa shape index (κ1) is 13.1.